The van der Waals surface area contributed by atoms with Gasteiger partial charge >= 0.3 is 0 Å². The lowest BCUT2D eigenvalue weighted by Gasteiger charge is -2.47. The van der Waals surface area contributed by atoms with Crippen LogP contribution in [0.4, 0.5) is 34.1 Å². The highest BCUT2D eigenvalue weighted by molar-refractivity contribution is 7.00. The fourth-order valence-corrected chi connectivity index (χ4v) is 15.0. The van der Waals surface area contributed by atoms with Crippen LogP contribution in [0.2, 0.25) is 0 Å². The molecule has 2 aliphatic heterocycles. The van der Waals surface area contributed by atoms with E-state index >= 15 is 0 Å². The van der Waals surface area contributed by atoms with E-state index in [0.29, 0.717) is 0 Å². The van der Waals surface area contributed by atoms with Crippen molar-refractivity contribution in [3.8, 4) is 11.1 Å². The molecule has 5 aliphatic rings. The maximum atomic E-state index is 6.88. The molecule has 0 atom stereocenters. The van der Waals surface area contributed by atoms with E-state index < -0.39 is 0 Å². The molecule has 8 aromatic rings. The van der Waals surface area contributed by atoms with Gasteiger partial charge in [-0.1, -0.05) is 156 Å². The minimum Gasteiger partial charge on any atom is -0.456 e. The van der Waals surface area contributed by atoms with Crippen LogP contribution in [0.25, 0.3) is 33.1 Å². The quantitative estimate of drug-likeness (QED) is 0.165. The predicted molar refractivity (Wildman–Crippen MR) is 304 cm³/mol. The molecule has 0 radical (unpaired) electrons. The van der Waals surface area contributed by atoms with Crippen molar-refractivity contribution in [2.45, 2.75) is 162 Å². The number of hydrogen-bond donors (Lipinski definition) is 0. The van der Waals surface area contributed by atoms with Crippen LogP contribution in [0, 0.1) is 13.8 Å². The number of anilines is 6. The van der Waals surface area contributed by atoms with E-state index in [1.165, 1.54) is 131 Å². The number of nitrogens with zero attached hydrogens (tertiary/aromatic N) is 2. The molecule has 0 unspecified atom stereocenters. The van der Waals surface area contributed by atoms with Gasteiger partial charge in [-0.2, -0.15) is 0 Å². The average Bonchev–Trinajstić information content (AvgIpc) is 3.79. The summed E-state index contributed by atoms with van der Waals surface area (Å²) in [6.07, 6.45) is 5.80. The zero-order valence-electron chi connectivity index (χ0n) is 44.9. The average molecular weight is 931 g/mol. The molecule has 3 nitrogen and oxygen atoms in total. The Morgan fingerprint density at radius 3 is 1.48 bits per heavy atom. The van der Waals surface area contributed by atoms with E-state index in [1.807, 2.05) is 0 Å². The Kier molecular flexibility index (Phi) is 9.08. The smallest absolute Gasteiger partial charge is 0.252 e. The SMILES string of the molecule is Cc1cc2c(cc1N1c3cc4c(cc3B3c5ccc6oc7ccccc7c6c5N(c5cc6c(cc5C)C(C)(C)CCC6(C)C)c5cc(-c6ccccc6)cc1c53)C(C)(C)CC4(C)C)C(C)(C)CCC2(C)C. The molecule has 0 saturated carbocycles. The van der Waals surface area contributed by atoms with Crippen molar-refractivity contribution in [2.75, 3.05) is 9.80 Å². The molecule has 0 spiro atoms. The molecule has 7 aromatic carbocycles. The van der Waals surface area contributed by atoms with Gasteiger partial charge in [0.15, 0.2) is 0 Å². The van der Waals surface area contributed by atoms with Crippen LogP contribution in [0.5, 0.6) is 0 Å². The van der Waals surface area contributed by atoms with Crippen LogP contribution in [-0.2, 0) is 32.5 Å². The Balaban J connectivity index is 1.22. The van der Waals surface area contributed by atoms with E-state index in [1.54, 1.807) is 0 Å². The molecule has 0 N–H and O–H groups in total. The highest BCUT2D eigenvalue weighted by atomic mass is 16.3. The Morgan fingerprint density at radius 2 is 0.887 bits per heavy atom. The Bertz CT molecular complexity index is 3620. The minimum atomic E-state index is -0.0354. The molecule has 1 aromatic heterocycles. The third kappa shape index (κ3) is 6.28. The summed E-state index contributed by atoms with van der Waals surface area (Å²) in [5.41, 5.74) is 27.9. The van der Waals surface area contributed by atoms with Crippen LogP contribution in [0.15, 0.2) is 120 Å². The molecule has 3 aliphatic carbocycles. The third-order valence-corrected chi connectivity index (χ3v) is 19.0. The predicted octanol–water partition coefficient (Wildman–Crippen LogP) is 16.6. The van der Waals surface area contributed by atoms with E-state index in [2.05, 4.69) is 222 Å². The number of hydrogen-bond acceptors (Lipinski definition) is 3. The third-order valence-electron chi connectivity index (χ3n) is 19.0. The monoisotopic (exact) mass is 931 g/mol. The topological polar surface area (TPSA) is 19.6 Å². The van der Waals surface area contributed by atoms with E-state index in [0.717, 1.165) is 29.4 Å². The summed E-state index contributed by atoms with van der Waals surface area (Å²) in [7, 11) is 0. The van der Waals surface area contributed by atoms with Gasteiger partial charge in [-0.05, 0) is 193 Å². The molecular formula is C67H71BN2O. The van der Waals surface area contributed by atoms with E-state index in [9.17, 15) is 0 Å². The van der Waals surface area contributed by atoms with Crippen molar-refractivity contribution in [3.05, 3.63) is 160 Å². The van der Waals surface area contributed by atoms with Crippen molar-refractivity contribution in [2.24, 2.45) is 0 Å². The summed E-state index contributed by atoms with van der Waals surface area (Å²) in [5.74, 6) is 0. The van der Waals surface area contributed by atoms with Gasteiger partial charge in [0.25, 0.3) is 6.71 Å². The summed E-state index contributed by atoms with van der Waals surface area (Å²) >= 11 is 0. The normalized spacial score (nSPS) is 20.0. The molecule has 0 amide bonds. The maximum Gasteiger partial charge on any atom is 0.252 e. The summed E-state index contributed by atoms with van der Waals surface area (Å²) in [6, 6.07) is 45.4. The van der Waals surface area contributed by atoms with Crippen LogP contribution in [-0.4, -0.2) is 6.71 Å². The Morgan fingerprint density at radius 1 is 0.408 bits per heavy atom. The highest BCUT2D eigenvalue weighted by Crippen LogP contribution is 2.57. The van der Waals surface area contributed by atoms with Gasteiger partial charge in [0.1, 0.15) is 11.2 Å². The van der Waals surface area contributed by atoms with E-state index in [4.69, 9.17) is 4.42 Å². The molecule has 4 heteroatoms. The van der Waals surface area contributed by atoms with Crippen molar-refractivity contribution in [1.82, 2.24) is 0 Å². The lowest BCUT2D eigenvalue weighted by Crippen LogP contribution is -2.61. The van der Waals surface area contributed by atoms with Crippen LogP contribution < -0.4 is 26.2 Å². The van der Waals surface area contributed by atoms with Gasteiger partial charge in [-0.15, -0.1) is 0 Å². The van der Waals surface area contributed by atoms with Gasteiger partial charge in [-0.3, -0.25) is 0 Å². The lowest BCUT2D eigenvalue weighted by atomic mass is 9.33. The number of para-hydroxylation sites is 1. The molecule has 358 valence electrons. The van der Waals surface area contributed by atoms with Gasteiger partial charge in [-0.25, -0.2) is 0 Å². The van der Waals surface area contributed by atoms with Gasteiger partial charge in [0.05, 0.1) is 11.1 Å². The number of rotatable bonds is 3. The van der Waals surface area contributed by atoms with Crippen molar-refractivity contribution >= 4 is 79.2 Å². The first kappa shape index (κ1) is 44.9. The molecule has 0 saturated heterocycles. The zero-order valence-corrected chi connectivity index (χ0v) is 44.9. The summed E-state index contributed by atoms with van der Waals surface area (Å²) in [4.78, 5) is 5.45. The minimum absolute atomic E-state index is 0.0171. The number of fused-ring (bicyclic) bond motifs is 11. The largest absolute Gasteiger partial charge is 0.456 e. The van der Waals surface area contributed by atoms with Crippen molar-refractivity contribution in [3.63, 3.8) is 0 Å². The fraction of sp³-hybridized carbons (Fsp3) is 0.373. The van der Waals surface area contributed by atoms with Gasteiger partial charge in [0, 0.05) is 33.8 Å². The second kappa shape index (κ2) is 14.4. The molecule has 3 heterocycles. The summed E-state index contributed by atoms with van der Waals surface area (Å²) in [6.45, 7) is 34.4. The summed E-state index contributed by atoms with van der Waals surface area (Å²) in [5, 5.41) is 2.35. The first-order valence-corrected chi connectivity index (χ1v) is 26.8. The second-order valence-corrected chi connectivity index (χ2v) is 26.7. The van der Waals surface area contributed by atoms with Crippen molar-refractivity contribution in [1.29, 1.82) is 0 Å². The van der Waals surface area contributed by atoms with Crippen LogP contribution >= 0.6 is 0 Å². The highest BCUT2D eigenvalue weighted by Gasteiger charge is 2.50. The molecule has 0 bridgehead atoms. The number of aryl methyl sites for hydroxylation is 2. The Labute approximate surface area is 423 Å². The second-order valence-electron chi connectivity index (χ2n) is 26.7. The molecular weight excluding hydrogens is 860 g/mol. The molecule has 71 heavy (non-hydrogen) atoms. The molecule has 0 fully saturated rings. The van der Waals surface area contributed by atoms with Crippen LogP contribution in [0.1, 0.15) is 160 Å². The van der Waals surface area contributed by atoms with Crippen LogP contribution in [0.3, 0.4) is 0 Å². The van der Waals surface area contributed by atoms with Gasteiger partial charge in [0.2, 0.25) is 0 Å². The molecule has 13 rings (SSSR count). The zero-order chi connectivity index (χ0) is 49.7. The maximum absolute atomic E-state index is 6.88. The fourth-order valence-electron chi connectivity index (χ4n) is 15.0. The summed E-state index contributed by atoms with van der Waals surface area (Å²) < 4.78 is 6.88. The van der Waals surface area contributed by atoms with Gasteiger partial charge < -0.3 is 14.2 Å². The van der Waals surface area contributed by atoms with Crippen molar-refractivity contribution < 1.29 is 4.42 Å². The lowest BCUT2D eigenvalue weighted by molar-refractivity contribution is 0.332. The standard InChI is InChI=1S/C67H71BN2O/c1-39-30-44-47(64(7,8)28-26-62(44,3)4)35-52(39)69-54-37-49-46(66(11,12)38-67(49,13)14)34-51(54)68-50-24-25-58-59(43-22-18-19-23-57(43)71-58)61(50)70(56-33-42(32-55(69)60(56)68)41-20-16-15-17-21-41)53-36-48-45(31-40(53)2)63(5,6)27-29-65(48,9)10/h15-25,30-37H,26-29,38H2,1-14H3. The number of furan rings is 1. The van der Waals surface area contributed by atoms with E-state index in [-0.39, 0.29) is 39.2 Å². The first-order valence-electron chi connectivity index (χ1n) is 26.8. The Hall–Kier alpha value is -6.00. The first-order chi connectivity index (χ1) is 33.5. The number of benzene rings is 7.